The highest BCUT2D eigenvalue weighted by Gasteiger charge is 2.35. The average Bonchev–Trinajstić information content (AvgIpc) is 3.19. The molecule has 1 N–H and O–H groups in total. The van der Waals surface area contributed by atoms with E-state index in [-0.39, 0.29) is 28.3 Å². The number of rotatable bonds is 6. The molecule has 27 heavy (non-hydrogen) atoms. The first-order valence-corrected chi connectivity index (χ1v) is 8.70. The smallest absolute Gasteiger partial charge is 0.343 e. The van der Waals surface area contributed by atoms with Crippen molar-refractivity contribution >= 4 is 11.8 Å². The van der Waals surface area contributed by atoms with Gasteiger partial charge in [-0.2, -0.15) is 0 Å². The maximum absolute atomic E-state index is 13.7. The van der Waals surface area contributed by atoms with Crippen molar-refractivity contribution in [1.29, 1.82) is 0 Å². The third kappa shape index (κ3) is 3.75. The fraction of sp³-hybridized carbons (Fsp3) is 0.474. The van der Waals surface area contributed by atoms with Crippen LogP contribution in [0.25, 0.3) is 11.3 Å². The number of carboxylic acid groups (broad SMARTS) is 1. The standard InChI is InChI=1S/C19H24FN3O4/c1-19(7-8-22(2)10-19)11-23(3)17-15(18(24)25)16(27-21-17)12-5-6-13(20)14(9-12)26-4/h5-6,9H,7-8,10-11H2,1-4H3,(H,24,25). The number of ether oxygens (including phenoxy) is 1. The van der Waals surface area contributed by atoms with Crippen LogP contribution in [0, 0.1) is 11.2 Å². The molecule has 1 atom stereocenters. The Kier molecular flexibility index (Phi) is 5.10. The fourth-order valence-electron chi connectivity index (χ4n) is 3.78. The summed E-state index contributed by atoms with van der Waals surface area (Å²) in [7, 11) is 5.23. The molecule has 7 nitrogen and oxygen atoms in total. The molecule has 0 bridgehead atoms. The number of hydrogen-bond acceptors (Lipinski definition) is 6. The van der Waals surface area contributed by atoms with Gasteiger partial charge in [0.05, 0.1) is 7.11 Å². The van der Waals surface area contributed by atoms with Crippen LogP contribution in [0.1, 0.15) is 23.7 Å². The van der Waals surface area contributed by atoms with Crippen LogP contribution >= 0.6 is 0 Å². The Morgan fingerprint density at radius 2 is 2.26 bits per heavy atom. The predicted octanol–water partition coefficient (Wildman–Crippen LogP) is 2.97. The lowest BCUT2D eigenvalue weighted by Gasteiger charge is -2.29. The largest absolute Gasteiger partial charge is 0.494 e. The third-order valence-corrected chi connectivity index (χ3v) is 5.03. The van der Waals surface area contributed by atoms with Gasteiger partial charge in [0.2, 0.25) is 0 Å². The number of carboxylic acids is 1. The minimum atomic E-state index is -1.15. The summed E-state index contributed by atoms with van der Waals surface area (Å²) in [5, 5.41) is 13.8. The first-order chi connectivity index (χ1) is 12.7. The predicted molar refractivity (Wildman–Crippen MR) is 98.9 cm³/mol. The molecule has 1 aliphatic heterocycles. The van der Waals surface area contributed by atoms with Crippen LogP contribution in [0.4, 0.5) is 10.2 Å². The summed E-state index contributed by atoms with van der Waals surface area (Å²) >= 11 is 0. The Labute approximate surface area is 157 Å². The van der Waals surface area contributed by atoms with Crippen LogP contribution in [-0.4, -0.2) is 62.0 Å². The van der Waals surface area contributed by atoms with Gasteiger partial charge in [0.15, 0.2) is 28.7 Å². The summed E-state index contributed by atoms with van der Waals surface area (Å²) in [6, 6.07) is 4.06. The number of aromatic carboxylic acids is 1. The van der Waals surface area contributed by atoms with Gasteiger partial charge >= 0.3 is 5.97 Å². The number of nitrogens with zero attached hydrogens (tertiary/aromatic N) is 3. The summed E-state index contributed by atoms with van der Waals surface area (Å²) in [5.41, 5.74) is 0.392. The summed E-state index contributed by atoms with van der Waals surface area (Å²) in [4.78, 5) is 16.0. The molecule has 0 saturated carbocycles. The van der Waals surface area contributed by atoms with Gasteiger partial charge in [-0.1, -0.05) is 12.1 Å². The fourth-order valence-corrected chi connectivity index (χ4v) is 3.78. The number of aromatic nitrogens is 1. The van der Waals surface area contributed by atoms with Gasteiger partial charge in [-0.3, -0.25) is 0 Å². The number of anilines is 1. The highest BCUT2D eigenvalue weighted by atomic mass is 19.1. The molecule has 0 radical (unpaired) electrons. The number of halogens is 1. The van der Waals surface area contributed by atoms with Crippen LogP contribution in [0.3, 0.4) is 0 Å². The van der Waals surface area contributed by atoms with Crippen LogP contribution in [-0.2, 0) is 0 Å². The van der Waals surface area contributed by atoms with Crippen LogP contribution < -0.4 is 9.64 Å². The maximum Gasteiger partial charge on any atom is 0.343 e. The minimum absolute atomic E-state index is 0.0108. The molecule has 0 amide bonds. The molecule has 1 unspecified atom stereocenters. The van der Waals surface area contributed by atoms with E-state index >= 15 is 0 Å². The van der Waals surface area contributed by atoms with Gasteiger partial charge in [-0.05, 0) is 43.6 Å². The lowest BCUT2D eigenvalue weighted by Crippen LogP contribution is -2.36. The molecule has 2 heterocycles. The molecule has 1 aromatic heterocycles. The normalized spacial score (nSPS) is 20.0. The average molecular weight is 377 g/mol. The van der Waals surface area contributed by atoms with Crippen molar-refractivity contribution < 1.29 is 23.6 Å². The van der Waals surface area contributed by atoms with Gasteiger partial charge in [0.25, 0.3) is 0 Å². The van der Waals surface area contributed by atoms with Gasteiger partial charge in [-0.15, -0.1) is 0 Å². The molecular weight excluding hydrogens is 353 g/mol. The maximum atomic E-state index is 13.7. The SMILES string of the molecule is COc1cc(-c2onc(N(C)CC3(C)CCN(C)C3)c2C(=O)O)ccc1F. The number of methoxy groups -OCH3 is 1. The molecule has 2 aromatic rings. The van der Waals surface area contributed by atoms with E-state index in [2.05, 4.69) is 24.0 Å². The zero-order valence-electron chi connectivity index (χ0n) is 16.0. The quantitative estimate of drug-likeness (QED) is 0.829. The Morgan fingerprint density at radius 3 is 2.85 bits per heavy atom. The van der Waals surface area contributed by atoms with Gasteiger partial charge < -0.3 is 24.2 Å². The monoisotopic (exact) mass is 377 g/mol. The molecule has 1 saturated heterocycles. The topological polar surface area (TPSA) is 79.0 Å². The highest BCUT2D eigenvalue weighted by molar-refractivity contribution is 5.99. The number of benzene rings is 1. The second-order valence-corrected chi connectivity index (χ2v) is 7.52. The van der Waals surface area contributed by atoms with Crippen molar-refractivity contribution in [3.63, 3.8) is 0 Å². The Bertz CT molecular complexity index is 853. The Balaban J connectivity index is 1.95. The highest BCUT2D eigenvalue weighted by Crippen LogP contribution is 2.36. The lowest BCUT2D eigenvalue weighted by atomic mass is 9.89. The molecule has 1 aromatic carbocycles. The van der Waals surface area contributed by atoms with Crippen LogP contribution in [0.5, 0.6) is 5.75 Å². The van der Waals surface area contributed by atoms with Crippen molar-refractivity contribution in [3.8, 4) is 17.1 Å². The Morgan fingerprint density at radius 1 is 1.52 bits per heavy atom. The summed E-state index contributed by atoms with van der Waals surface area (Å²) in [6.45, 7) is 4.77. The summed E-state index contributed by atoms with van der Waals surface area (Å²) in [5.74, 6) is -1.33. The van der Waals surface area contributed by atoms with E-state index in [1.54, 1.807) is 0 Å². The molecule has 1 fully saturated rings. The molecule has 0 aliphatic carbocycles. The first-order valence-electron chi connectivity index (χ1n) is 8.70. The van der Waals surface area contributed by atoms with E-state index in [9.17, 15) is 14.3 Å². The molecule has 0 spiro atoms. The van der Waals surface area contributed by atoms with E-state index in [4.69, 9.17) is 9.26 Å². The molecule has 1 aliphatic rings. The Hall–Kier alpha value is -2.61. The van der Waals surface area contributed by atoms with E-state index in [1.165, 1.54) is 25.3 Å². The van der Waals surface area contributed by atoms with Crippen molar-refractivity contribution in [2.24, 2.45) is 5.41 Å². The van der Waals surface area contributed by atoms with E-state index in [0.717, 1.165) is 19.5 Å². The first kappa shape index (κ1) is 19.2. The molecule has 146 valence electrons. The van der Waals surface area contributed by atoms with Gasteiger partial charge in [-0.25, -0.2) is 9.18 Å². The van der Waals surface area contributed by atoms with Gasteiger partial charge in [0, 0.05) is 25.7 Å². The molecule has 3 rings (SSSR count). The van der Waals surface area contributed by atoms with Crippen LogP contribution in [0.2, 0.25) is 0 Å². The molecular formula is C19H24FN3O4. The third-order valence-electron chi connectivity index (χ3n) is 5.03. The van der Waals surface area contributed by atoms with Crippen molar-refractivity contribution in [2.75, 3.05) is 45.7 Å². The zero-order valence-corrected chi connectivity index (χ0v) is 16.0. The van der Waals surface area contributed by atoms with Crippen molar-refractivity contribution in [2.45, 2.75) is 13.3 Å². The van der Waals surface area contributed by atoms with E-state index in [0.29, 0.717) is 12.1 Å². The molecule has 8 heteroatoms. The van der Waals surface area contributed by atoms with Crippen LogP contribution in [0.15, 0.2) is 22.7 Å². The number of hydrogen-bond donors (Lipinski definition) is 1. The van der Waals surface area contributed by atoms with E-state index in [1.807, 2.05) is 11.9 Å². The lowest BCUT2D eigenvalue weighted by molar-refractivity contribution is 0.0697. The van der Waals surface area contributed by atoms with Gasteiger partial charge in [0.1, 0.15) is 0 Å². The summed E-state index contributed by atoms with van der Waals surface area (Å²) in [6.07, 6.45) is 1.02. The minimum Gasteiger partial charge on any atom is -0.494 e. The van der Waals surface area contributed by atoms with Crippen molar-refractivity contribution in [3.05, 3.63) is 29.6 Å². The number of carbonyl (C=O) groups is 1. The zero-order chi connectivity index (χ0) is 19.8. The summed E-state index contributed by atoms with van der Waals surface area (Å²) < 4.78 is 24.0. The number of likely N-dealkylation sites (tertiary alicyclic amines) is 1. The second-order valence-electron chi connectivity index (χ2n) is 7.52. The second kappa shape index (κ2) is 7.19. The van der Waals surface area contributed by atoms with E-state index < -0.39 is 11.8 Å². The van der Waals surface area contributed by atoms with Crippen molar-refractivity contribution in [1.82, 2.24) is 10.1 Å².